The molecule has 4 heterocycles. The number of pyridine rings is 2. The fraction of sp³-hybridized carbons (Fsp3) is 0. The molecule has 0 aliphatic carbocycles. The van der Waals surface area contributed by atoms with Crippen LogP contribution in [0.25, 0.3) is 55.2 Å². The van der Waals surface area contributed by atoms with Crippen molar-refractivity contribution >= 4 is 66.8 Å². The zero-order chi connectivity index (χ0) is 31.3. The van der Waals surface area contributed by atoms with E-state index in [0.717, 1.165) is 61.0 Å². The fourth-order valence-electron chi connectivity index (χ4n) is 7.15. The first-order chi connectivity index (χ1) is 23.3. The Kier molecular flexibility index (Phi) is 6.22. The van der Waals surface area contributed by atoms with Crippen molar-refractivity contribution in [2.24, 2.45) is 0 Å². The van der Waals surface area contributed by atoms with Crippen molar-refractivity contribution in [2.75, 3.05) is 0 Å². The predicted octanol–water partition coefficient (Wildman–Crippen LogP) is 7.06. The lowest BCUT2D eigenvalue weighted by Gasteiger charge is -2.18. The summed E-state index contributed by atoms with van der Waals surface area (Å²) in [6.45, 7) is -0.293. The second-order valence-corrected chi connectivity index (χ2v) is 11.7. The van der Waals surface area contributed by atoms with Crippen molar-refractivity contribution in [1.82, 2.24) is 19.1 Å². The number of nitriles is 1. The van der Waals surface area contributed by atoms with Crippen LogP contribution in [0, 0.1) is 11.3 Å². The Morgan fingerprint density at radius 1 is 0.511 bits per heavy atom. The van der Waals surface area contributed by atoms with Crippen molar-refractivity contribution in [3.63, 3.8) is 0 Å². The third kappa shape index (κ3) is 4.25. The Morgan fingerprint density at radius 2 is 1.09 bits per heavy atom. The van der Waals surface area contributed by atoms with Gasteiger partial charge in [-0.2, -0.15) is 5.26 Å². The quantitative estimate of drug-likeness (QED) is 0.199. The highest BCUT2D eigenvalue weighted by molar-refractivity contribution is 6.95. The van der Waals surface area contributed by atoms with E-state index in [9.17, 15) is 5.26 Å². The molecule has 0 aliphatic heterocycles. The zero-order valence-electron chi connectivity index (χ0n) is 25.3. The lowest BCUT2D eigenvalue weighted by Crippen LogP contribution is -2.54. The maximum Gasteiger partial charge on any atom is 0.266 e. The number of benzene rings is 5. The van der Waals surface area contributed by atoms with Crippen molar-refractivity contribution in [1.29, 1.82) is 5.26 Å². The molecule has 9 rings (SSSR count). The average molecular weight is 600 g/mol. The molecule has 0 aliphatic rings. The Labute approximate surface area is 271 Å². The summed E-state index contributed by atoms with van der Waals surface area (Å²) in [4.78, 5) is 10.1. The molecular formula is C41H26BN5. The van der Waals surface area contributed by atoms with E-state index in [2.05, 4.69) is 124 Å². The van der Waals surface area contributed by atoms with Gasteiger partial charge in [0.05, 0.1) is 28.1 Å². The van der Waals surface area contributed by atoms with Crippen LogP contribution in [-0.4, -0.2) is 25.8 Å². The van der Waals surface area contributed by atoms with Crippen LogP contribution in [0.4, 0.5) is 0 Å². The summed E-state index contributed by atoms with van der Waals surface area (Å²) in [5, 5.41) is 15.1. The smallest absolute Gasteiger partial charge is 0.266 e. The Bertz CT molecular complexity index is 2600. The molecule has 47 heavy (non-hydrogen) atoms. The maximum absolute atomic E-state index is 10.7. The van der Waals surface area contributed by atoms with E-state index < -0.39 is 0 Å². The Hall–Kier alpha value is -6.45. The van der Waals surface area contributed by atoms with Crippen LogP contribution in [0.5, 0.6) is 0 Å². The molecule has 0 radical (unpaired) electrons. The summed E-state index contributed by atoms with van der Waals surface area (Å²) >= 11 is 0. The lowest BCUT2D eigenvalue weighted by molar-refractivity contribution is 1.08. The second-order valence-electron chi connectivity index (χ2n) is 11.7. The van der Waals surface area contributed by atoms with Gasteiger partial charge in [-0.25, -0.2) is 9.97 Å². The molecule has 0 unspecified atom stereocenters. The van der Waals surface area contributed by atoms with Gasteiger partial charge in [-0.15, -0.1) is 0 Å². The van der Waals surface area contributed by atoms with Crippen LogP contribution >= 0.6 is 0 Å². The highest BCUT2D eigenvalue weighted by atomic mass is 15.1. The Balaban J connectivity index is 1.32. The maximum atomic E-state index is 10.7. The molecule has 9 aromatic rings. The molecule has 0 saturated heterocycles. The van der Waals surface area contributed by atoms with Gasteiger partial charge < -0.3 is 0 Å². The number of hydrogen-bond donors (Lipinski definition) is 0. The number of rotatable bonds is 5. The van der Waals surface area contributed by atoms with Crippen molar-refractivity contribution in [2.45, 2.75) is 0 Å². The minimum atomic E-state index is -0.293. The minimum Gasteiger partial charge on any atom is -0.294 e. The van der Waals surface area contributed by atoms with Crippen LogP contribution < -0.4 is 16.5 Å². The van der Waals surface area contributed by atoms with Gasteiger partial charge in [-0.3, -0.25) is 9.13 Å². The molecule has 4 aromatic heterocycles. The van der Waals surface area contributed by atoms with E-state index in [1.165, 1.54) is 10.8 Å². The first kappa shape index (κ1) is 26.9. The van der Waals surface area contributed by atoms with E-state index in [-0.39, 0.29) is 6.71 Å². The highest BCUT2D eigenvalue weighted by Crippen LogP contribution is 2.33. The summed E-state index contributed by atoms with van der Waals surface area (Å²) in [5.41, 5.74) is 7.71. The lowest BCUT2D eigenvalue weighted by atomic mass is 9.37. The normalized spacial score (nSPS) is 11.4. The van der Waals surface area contributed by atoms with Gasteiger partial charge in [0.1, 0.15) is 11.6 Å². The largest absolute Gasteiger partial charge is 0.294 e. The highest BCUT2D eigenvalue weighted by Gasteiger charge is 2.28. The molecule has 0 fully saturated rings. The van der Waals surface area contributed by atoms with Crippen LogP contribution in [0.15, 0.2) is 158 Å². The summed E-state index contributed by atoms with van der Waals surface area (Å²) in [7, 11) is 0. The van der Waals surface area contributed by atoms with Crippen molar-refractivity contribution < 1.29 is 0 Å². The van der Waals surface area contributed by atoms with E-state index >= 15 is 0 Å². The molecule has 218 valence electrons. The molecule has 0 spiro atoms. The monoisotopic (exact) mass is 599 g/mol. The molecule has 5 nitrogen and oxygen atoms in total. The van der Waals surface area contributed by atoms with E-state index in [1.807, 2.05) is 48.7 Å². The standard InChI is InChI=1S/C41H26BN5/c43-27-28-25-33-32-17-6-9-20-37(32)47(40-22-10-11-24-44-40)38(33)26-34(28)42(29-13-2-1-3-14-29)39-21-12-23-41(45-39)46-35-18-7-4-15-30(35)31-16-5-8-19-36(31)46/h1-26H. The minimum absolute atomic E-state index is 0.293. The van der Waals surface area contributed by atoms with Gasteiger partial charge in [-0.05, 0) is 60.1 Å². The van der Waals surface area contributed by atoms with E-state index in [4.69, 9.17) is 9.97 Å². The predicted molar refractivity (Wildman–Crippen MR) is 193 cm³/mol. The van der Waals surface area contributed by atoms with E-state index in [0.29, 0.717) is 5.56 Å². The fourth-order valence-corrected chi connectivity index (χ4v) is 7.15. The molecule has 0 amide bonds. The van der Waals surface area contributed by atoms with Crippen LogP contribution in [0.3, 0.4) is 0 Å². The molecule has 6 heteroatoms. The van der Waals surface area contributed by atoms with Crippen molar-refractivity contribution in [3.05, 3.63) is 163 Å². The zero-order valence-corrected chi connectivity index (χ0v) is 25.3. The molecule has 0 N–H and O–H groups in total. The number of fused-ring (bicyclic) bond motifs is 6. The SMILES string of the molecule is N#Cc1cc2c3ccccc3n(-c3ccccn3)c2cc1B(c1ccccc1)c1cccc(-n2c3ccccc3c3ccccc32)n1. The van der Waals surface area contributed by atoms with Crippen LogP contribution in [0.1, 0.15) is 5.56 Å². The first-order valence-corrected chi connectivity index (χ1v) is 15.7. The summed E-state index contributed by atoms with van der Waals surface area (Å²) in [6, 6.07) is 54.6. The van der Waals surface area contributed by atoms with Gasteiger partial charge >= 0.3 is 0 Å². The summed E-state index contributed by atoms with van der Waals surface area (Å²) in [5.74, 6) is 1.67. The summed E-state index contributed by atoms with van der Waals surface area (Å²) in [6.07, 6.45) is 1.82. The van der Waals surface area contributed by atoms with Gasteiger partial charge in [0, 0.05) is 38.9 Å². The van der Waals surface area contributed by atoms with Gasteiger partial charge in [0.15, 0.2) is 0 Å². The number of aromatic nitrogens is 4. The summed E-state index contributed by atoms with van der Waals surface area (Å²) < 4.78 is 4.43. The van der Waals surface area contributed by atoms with Crippen molar-refractivity contribution in [3.8, 4) is 17.7 Å². The third-order valence-electron chi connectivity index (χ3n) is 9.15. The second kappa shape index (κ2) is 10.9. The van der Waals surface area contributed by atoms with Gasteiger partial charge in [0.2, 0.25) is 0 Å². The average Bonchev–Trinajstić information content (AvgIpc) is 3.65. The van der Waals surface area contributed by atoms with Crippen LogP contribution in [0.2, 0.25) is 0 Å². The molecule has 0 bridgehead atoms. The van der Waals surface area contributed by atoms with E-state index in [1.54, 1.807) is 0 Å². The molecular weight excluding hydrogens is 573 g/mol. The molecule has 0 saturated carbocycles. The number of nitrogens with zero attached hydrogens (tertiary/aromatic N) is 5. The topological polar surface area (TPSA) is 59.4 Å². The molecule has 5 aromatic carbocycles. The molecule has 0 atom stereocenters. The first-order valence-electron chi connectivity index (χ1n) is 15.7. The van der Waals surface area contributed by atoms with Crippen LogP contribution in [-0.2, 0) is 0 Å². The van der Waals surface area contributed by atoms with Gasteiger partial charge in [0.25, 0.3) is 6.71 Å². The Morgan fingerprint density at radius 3 is 1.72 bits per heavy atom. The van der Waals surface area contributed by atoms with Gasteiger partial charge in [-0.1, -0.05) is 103 Å². The third-order valence-corrected chi connectivity index (χ3v) is 9.15. The number of hydrogen-bond acceptors (Lipinski definition) is 3. The number of para-hydroxylation sites is 3.